The van der Waals surface area contributed by atoms with E-state index in [-0.39, 0.29) is 17.7 Å². The molecule has 0 saturated carbocycles. The minimum absolute atomic E-state index is 0.115. The van der Waals surface area contributed by atoms with Crippen molar-refractivity contribution in [1.82, 2.24) is 0 Å². The summed E-state index contributed by atoms with van der Waals surface area (Å²) in [4.78, 5) is 10.6. The van der Waals surface area contributed by atoms with Gasteiger partial charge in [-0.1, -0.05) is 6.07 Å². The lowest BCUT2D eigenvalue weighted by Crippen LogP contribution is -2.02. The van der Waals surface area contributed by atoms with E-state index in [0.29, 0.717) is 5.75 Å². The molecule has 0 aliphatic carbocycles. The highest BCUT2D eigenvalue weighted by atomic mass is 19.1. The summed E-state index contributed by atoms with van der Waals surface area (Å²) in [5, 5.41) is 8.72. The van der Waals surface area contributed by atoms with E-state index >= 15 is 0 Å². The van der Waals surface area contributed by atoms with Crippen molar-refractivity contribution in [2.45, 2.75) is 6.61 Å². The Morgan fingerprint density at radius 3 is 2.16 bits per heavy atom. The van der Waals surface area contributed by atoms with Gasteiger partial charge >= 0.3 is 5.97 Å². The Kier molecular flexibility index (Phi) is 3.75. The Morgan fingerprint density at radius 2 is 1.63 bits per heavy atom. The van der Waals surface area contributed by atoms with Crippen LogP contribution in [0.4, 0.5) is 8.78 Å². The van der Waals surface area contributed by atoms with Gasteiger partial charge in [-0.25, -0.2) is 13.6 Å². The van der Waals surface area contributed by atoms with E-state index in [1.165, 1.54) is 30.3 Å². The summed E-state index contributed by atoms with van der Waals surface area (Å²) in [5.74, 6) is -2.07. The van der Waals surface area contributed by atoms with Crippen LogP contribution in [0.2, 0.25) is 0 Å². The second kappa shape index (κ2) is 5.48. The summed E-state index contributed by atoms with van der Waals surface area (Å²) < 4.78 is 31.9. The van der Waals surface area contributed by atoms with Gasteiger partial charge in [0.1, 0.15) is 24.0 Å². The highest BCUT2D eigenvalue weighted by molar-refractivity contribution is 5.87. The van der Waals surface area contributed by atoms with Gasteiger partial charge in [-0.05, 0) is 36.4 Å². The number of benzene rings is 2. The van der Waals surface area contributed by atoms with Crippen LogP contribution in [0.3, 0.4) is 0 Å². The highest BCUT2D eigenvalue weighted by Crippen LogP contribution is 2.17. The van der Waals surface area contributed by atoms with Gasteiger partial charge in [-0.15, -0.1) is 0 Å². The van der Waals surface area contributed by atoms with Gasteiger partial charge in [0.05, 0.1) is 11.1 Å². The lowest BCUT2D eigenvalue weighted by atomic mass is 10.2. The molecule has 0 amide bonds. The van der Waals surface area contributed by atoms with Crippen LogP contribution in [0, 0.1) is 11.6 Å². The van der Waals surface area contributed by atoms with E-state index in [4.69, 9.17) is 9.84 Å². The molecule has 2 aromatic rings. The molecule has 0 radical (unpaired) electrons. The molecule has 2 aromatic carbocycles. The first-order valence-electron chi connectivity index (χ1n) is 5.47. The number of hydrogen-bond donors (Lipinski definition) is 1. The molecule has 98 valence electrons. The van der Waals surface area contributed by atoms with Crippen molar-refractivity contribution in [3.63, 3.8) is 0 Å². The molecule has 0 aliphatic rings. The molecule has 19 heavy (non-hydrogen) atoms. The Balaban J connectivity index is 2.08. The first kappa shape index (κ1) is 13.0. The zero-order valence-electron chi connectivity index (χ0n) is 9.77. The van der Waals surface area contributed by atoms with Gasteiger partial charge in [0.25, 0.3) is 0 Å². The summed E-state index contributed by atoms with van der Waals surface area (Å²) in [5.41, 5.74) is -0.0470. The Labute approximate surface area is 108 Å². The van der Waals surface area contributed by atoms with Crippen LogP contribution in [0.1, 0.15) is 15.9 Å². The molecular weight excluding hydrogens is 254 g/mol. The number of carboxylic acids is 1. The molecule has 0 aromatic heterocycles. The van der Waals surface area contributed by atoms with Crippen molar-refractivity contribution in [1.29, 1.82) is 0 Å². The number of carboxylic acid groups (broad SMARTS) is 1. The number of rotatable bonds is 4. The summed E-state index contributed by atoms with van der Waals surface area (Å²) in [7, 11) is 0. The van der Waals surface area contributed by atoms with Crippen LogP contribution in [-0.2, 0) is 6.61 Å². The van der Waals surface area contributed by atoms with Crippen LogP contribution >= 0.6 is 0 Å². The molecule has 2 rings (SSSR count). The van der Waals surface area contributed by atoms with E-state index in [1.54, 1.807) is 0 Å². The zero-order chi connectivity index (χ0) is 13.8. The summed E-state index contributed by atoms with van der Waals surface area (Å²) in [6.45, 7) is -0.259. The van der Waals surface area contributed by atoms with E-state index in [0.717, 1.165) is 12.1 Å². The van der Waals surface area contributed by atoms with Crippen molar-refractivity contribution < 1.29 is 23.4 Å². The molecule has 0 fully saturated rings. The van der Waals surface area contributed by atoms with Crippen LogP contribution in [0.25, 0.3) is 0 Å². The van der Waals surface area contributed by atoms with Gasteiger partial charge in [-0.2, -0.15) is 0 Å². The average molecular weight is 264 g/mol. The Hall–Kier alpha value is -2.43. The molecule has 0 aliphatic heterocycles. The number of carbonyl (C=O) groups is 1. The van der Waals surface area contributed by atoms with Crippen LogP contribution < -0.4 is 4.74 Å². The molecular formula is C14H10F2O3. The van der Waals surface area contributed by atoms with Gasteiger partial charge in [0.15, 0.2) is 0 Å². The van der Waals surface area contributed by atoms with E-state index in [2.05, 4.69) is 0 Å². The second-order valence-corrected chi connectivity index (χ2v) is 3.82. The first-order chi connectivity index (χ1) is 9.08. The Bertz CT molecular complexity index is 574. The molecule has 0 heterocycles. The quantitative estimate of drug-likeness (QED) is 0.922. The monoisotopic (exact) mass is 264 g/mol. The molecule has 3 nitrogen and oxygen atoms in total. The molecule has 0 spiro atoms. The minimum atomic E-state index is -1.05. The van der Waals surface area contributed by atoms with Crippen LogP contribution in [-0.4, -0.2) is 11.1 Å². The lowest BCUT2D eigenvalue weighted by Gasteiger charge is -2.08. The number of aromatic carboxylic acids is 1. The number of ether oxygens (including phenoxy) is 1. The second-order valence-electron chi connectivity index (χ2n) is 3.82. The molecule has 0 atom stereocenters. The van der Waals surface area contributed by atoms with Gasteiger partial charge in [0, 0.05) is 0 Å². The fourth-order valence-corrected chi connectivity index (χ4v) is 1.52. The molecule has 0 unspecified atom stereocenters. The summed E-state index contributed by atoms with van der Waals surface area (Å²) in [6, 6.07) is 9.15. The summed E-state index contributed by atoms with van der Waals surface area (Å²) in [6.07, 6.45) is 0. The topological polar surface area (TPSA) is 46.5 Å². The Morgan fingerprint density at radius 1 is 1.05 bits per heavy atom. The highest BCUT2D eigenvalue weighted by Gasteiger charge is 2.09. The predicted octanol–water partition coefficient (Wildman–Crippen LogP) is 3.24. The number of halogens is 2. The maximum absolute atomic E-state index is 13.3. The lowest BCUT2D eigenvalue weighted by molar-refractivity contribution is 0.0697. The van der Waals surface area contributed by atoms with E-state index in [1.807, 2.05) is 0 Å². The van der Waals surface area contributed by atoms with Crippen molar-refractivity contribution in [2.24, 2.45) is 0 Å². The van der Waals surface area contributed by atoms with Gasteiger partial charge in [-0.3, -0.25) is 0 Å². The normalized spacial score (nSPS) is 10.2. The fraction of sp³-hybridized carbons (Fsp3) is 0.0714. The smallest absolute Gasteiger partial charge is 0.335 e. The van der Waals surface area contributed by atoms with Crippen LogP contribution in [0.5, 0.6) is 5.75 Å². The number of hydrogen-bond acceptors (Lipinski definition) is 2. The largest absolute Gasteiger partial charge is 0.489 e. The van der Waals surface area contributed by atoms with Crippen molar-refractivity contribution in [3.05, 3.63) is 65.2 Å². The average Bonchev–Trinajstić information content (AvgIpc) is 2.38. The molecule has 0 saturated heterocycles. The third kappa shape index (κ3) is 3.07. The third-order valence-corrected chi connectivity index (χ3v) is 2.55. The van der Waals surface area contributed by atoms with Gasteiger partial charge < -0.3 is 9.84 Å². The fourth-order valence-electron chi connectivity index (χ4n) is 1.52. The van der Waals surface area contributed by atoms with Gasteiger partial charge in [0.2, 0.25) is 0 Å². The maximum Gasteiger partial charge on any atom is 0.335 e. The van der Waals surface area contributed by atoms with Crippen molar-refractivity contribution in [2.75, 3.05) is 0 Å². The first-order valence-corrected chi connectivity index (χ1v) is 5.47. The molecule has 0 bridgehead atoms. The van der Waals surface area contributed by atoms with Crippen molar-refractivity contribution in [3.8, 4) is 5.75 Å². The standard InChI is InChI=1S/C14H10F2O3/c15-12-2-1-3-13(16)11(12)8-19-10-6-4-9(5-7-10)14(17)18/h1-7H,8H2,(H,17,18). The van der Waals surface area contributed by atoms with Crippen molar-refractivity contribution >= 4 is 5.97 Å². The third-order valence-electron chi connectivity index (χ3n) is 2.55. The minimum Gasteiger partial charge on any atom is -0.489 e. The zero-order valence-corrected chi connectivity index (χ0v) is 9.77. The molecule has 5 heteroatoms. The predicted molar refractivity (Wildman–Crippen MR) is 64.1 cm³/mol. The SMILES string of the molecule is O=C(O)c1ccc(OCc2c(F)cccc2F)cc1. The summed E-state index contributed by atoms with van der Waals surface area (Å²) >= 11 is 0. The van der Waals surface area contributed by atoms with Crippen LogP contribution in [0.15, 0.2) is 42.5 Å². The van der Waals surface area contributed by atoms with E-state index in [9.17, 15) is 13.6 Å². The van der Waals surface area contributed by atoms with E-state index < -0.39 is 17.6 Å². The molecule has 1 N–H and O–H groups in total. The maximum atomic E-state index is 13.3.